The van der Waals surface area contributed by atoms with E-state index in [2.05, 4.69) is 4.40 Å². The Hall–Kier alpha value is -2.80. The molecule has 5 rings (SSSR count). The van der Waals surface area contributed by atoms with Crippen molar-refractivity contribution in [1.82, 2.24) is 14.1 Å². The minimum Gasteiger partial charge on any atom is -0.379 e. The van der Waals surface area contributed by atoms with Crippen LogP contribution in [0.15, 0.2) is 62.7 Å². The molecule has 0 bridgehead atoms. The van der Waals surface area contributed by atoms with E-state index >= 15 is 0 Å². The predicted octanol–water partition coefficient (Wildman–Crippen LogP) is 0.614. The van der Waals surface area contributed by atoms with Crippen molar-refractivity contribution < 1.29 is 26.4 Å². The Labute approximate surface area is 198 Å². The van der Waals surface area contributed by atoms with E-state index in [0.29, 0.717) is 69.4 Å². The fourth-order valence-electron chi connectivity index (χ4n) is 4.33. The Morgan fingerprint density at radius 1 is 0.882 bits per heavy atom. The molecule has 3 aliphatic heterocycles. The molecular weight excluding hydrogens is 480 g/mol. The van der Waals surface area contributed by atoms with Crippen molar-refractivity contribution in [2.75, 3.05) is 52.5 Å². The first-order valence-electron chi connectivity index (χ1n) is 10.9. The van der Waals surface area contributed by atoms with Gasteiger partial charge in [0.15, 0.2) is 5.84 Å². The Morgan fingerprint density at radius 3 is 2.21 bits per heavy atom. The largest absolute Gasteiger partial charge is 0.379 e. The number of hydrogen-bond donors (Lipinski definition) is 0. The molecule has 34 heavy (non-hydrogen) atoms. The molecule has 0 N–H and O–H groups in total. The van der Waals surface area contributed by atoms with Gasteiger partial charge in [-0.3, -0.25) is 4.79 Å². The van der Waals surface area contributed by atoms with Gasteiger partial charge in [0.25, 0.3) is 15.9 Å². The topological polar surface area (TPSA) is 117 Å². The van der Waals surface area contributed by atoms with Gasteiger partial charge in [0.05, 0.1) is 18.1 Å². The Balaban J connectivity index is 1.25. The lowest BCUT2D eigenvalue weighted by atomic mass is 10.1. The molecule has 0 aromatic heterocycles. The van der Waals surface area contributed by atoms with Gasteiger partial charge in [-0.15, -0.1) is 4.40 Å². The standard InChI is InChI=1S/C22H24N4O6S2/c27-22(17-5-7-18(8-6-17)34(30,31)26-13-15-32-16-14-26)25-11-9-24(10-12-25)21-19-3-1-2-4-20(19)33(28,29)23-21/h1-8H,9-16H2. The number of carbonyl (C=O) groups excluding carboxylic acids is 1. The van der Waals surface area contributed by atoms with Crippen molar-refractivity contribution >= 4 is 31.8 Å². The molecule has 0 aliphatic carbocycles. The lowest BCUT2D eigenvalue weighted by Gasteiger charge is -2.35. The van der Waals surface area contributed by atoms with Crippen LogP contribution >= 0.6 is 0 Å². The highest BCUT2D eigenvalue weighted by molar-refractivity contribution is 7.90. The average molecular weight is 505 g/mol. The van der Waals surface area contributed by atoms with Gasteiger partial charge in [0, 0.05) is 50.4 Å². The summed E-state index contributed by atoms with van der Waals surface area (Å²) < 4.78 is 60.8. The first kappa shape index (κ1) is 23.0. The summed E-state index contributed by atoms with van der Waals surface area (Å²) in [6.07, 6.45) is 0. The van der Waals surface area contributed by atoms with E-state index in [1.807, 2.05) is 4.90 Å². The van der Waals surface area contributed by atoms with E-state index in [0.717, 1.165) is 0 Å². The van der Waals surface area contributed by atoms with E-state index in [1.165, 1.54) is 28.6 Å². The van der Waals surface area contributed by atoms with Crippen LogP contribution in [0.2, 0.25) is 0 Å². The second kappa shape index (κ2) is 8.77. The first-order chi connectivity index (χ1) is 16.3. The summed E-state index contributed by atoms with van der Waals surface area (Å²) in [6.45, 7) is 3.03. The summed E-state index contributed by atoms with van der Waals surface area (Å²) >= 11 is 0. The van der Waals surface area contributed by atoms with Gasteiger partial charge in [0.2, 0.25) is 10.0 Å². The van der Waals surface area contributed by atoms with Crippen molar-refractivity contribution in [1.29, 1.82) is 0 Å². The molecule has 0 spiro atoms. The van der Waals surface area contributed by atoms with Crippen LogP contribution in [0.25, 0.3) is 0 Å². The van der Waals surface area contributed by atoms with E-state index in [1.54, 1.807) is 29.2 Å². The van der Waals surface area contributed by atoms with Gasteiger partial charge in [0.1, 0.15) is 4.90 Å². The second-order valence-corrected chi connectivity index (χ2v) is 11.7. The normalized spacial score (nSPS) is 20.6. The fraction of sp³-hybridized carbons (Fsp3) is 0.364. The van der Waals surface area contributed by atoms with Crippen LogP contribution < -0.4 is 0 Å². The number of rotatable bonds is 3. The van der Waals surface area contributed by atoms with Gasteiger partial charge < -0.3 is 14.5 Å². The summed E-state index contributed by atoms with van der Waals surface area (Å²) in [7, 11) is -7.32. The molecule has 0 atom stereocenters. The number of amides is 1. The zero-order chi connectivity index (χ0) is 23.9. The van der Waals surface area contributed by atoms with Crippen LogP contribution in [0, 0.1) is 0 Å². The number of morpholine rings is 1. The number of fused-ring (bicyclic) bond motifs is 1. The Morgan fingerprint density at radius 2 is 1.53 bits per heavy atom. The molecule has 0 radical (unpaired) electrons. The van der Waals surface area contributed by atoms with Gasteiger partial charge in [-0.05, 0) is 36.4 Å². The van der Waals surface area contributed by atoms with Crippen LogP contribution in [0.3, 0.4) is 0 Å². The number of nitrogens with zero attached hydrogens (tertiary/aromatic N) is 4. The zero-order valence-corrected chi connectivity index (χ0v) is 20.0. The van der Waals surface area contributed by atoms with Crippen molar-refractivity contribution in [2.24, 2.45) is 4.40 Å². The third kappa shape index (κ3) is 4.11. The number of ether oxygens (including phenoxy) is 1. The number of piperazine rings is 1. The molecule has 2 aromatic carbocycles. The maximum atomic E-state index is 13.0. The monoisotopic (exact) mass is 504 g/mol. The van der Waals surface area contributed by atoms with Crippen molar-refractivity contribution in [3.63, 3.8) is 0 Å². The predicted molar refractivity (Wildman–Crippen MR) is 124 cm³/mol. The van der Waals surface area contributed by atoms with Crippen molar-refractivity contribution in [2.45, 2.75) is 9.79 Å². The molecule has 2 saturated heterocycles. The van der Waals surface area contributed by atoms with Crippen LogP contribution in [0.4, 0.5) is 0 Å². The smallest absolute Gasteiger partial charge is 0.285 e. The lowest BCUT2D eigenvalue weighted by molar-refractivity contribution is 0.0692. The van der Waals surface area contributed by atoms with Gasteiger partial charge in [-0.25, -0.2) is 8.42 Å². The van der Waals surface area contributed by atoms with E-state index in [-0.39, 0.29) is 15.7 Å². The van der Waals surface area contributed by atoms with Crippen LogP contribution in [0.1, 0.15) is 15.9 Å². The minimum atomic E-state index is -3.70. The number of hydrogen-bond acceptors (Lipinski definition) is 7. The molecule has 2 fully saturated rings. The number of carbonyl (C=O) groups is 1. The molecule has 1 amide bonds. The highest BCUT2D eigenvalue weighted by Crippen LogP contribution is 2.28. The fourth-order valence-corrected chi connectivity index (χ4v) is 6.96. The maximum absolute atomic E-state index is 13.0. The zero-order valence-electron chi connectivity index (χ0n) is 18.3. The van der Waals surface area contributed by atoms with Gasteiger partial charge in [-0.1, -0.05) is 12.1 Å². The lowest BCUT2D eigenvalue weighted by Crippen LogP contribution is -2.50. The summed E-state index contributed by atoms with van der Waals surface area (Å²) in [5, 5.41) is 0. The summed E-state index contributed by atoms with van der Waals surface area (Å²) in [5.41, 5.74) is 0.986. The molecule has 10 nitrogen and oxygen atoms in total. The third-order valence-electron chi connectivity index (χ3n) is 6.19. The number of amidine groups is 1. The van der Waals surface area contributed by atoms with Crippen LogP contribution in [-0.2, 0) is 24.8 Å². The summed E-state index contributed by atoms with van der Waals surface area (Å²) in [4.78, 5) is 16.9. The Bertz CT molecular complexity index is 1340. The Kier molecular flexibility index (Phi) is 5.92. The van der Waals surface area contributed by atoms with E-state index < -0.39 is 20.0 Å². The third-order valence-corrected chi connectivity index (χ3v) is 9.43. The highest BCUT2D eigenvalue weighted by atomic mass is 32.2. The minimum absolute atomic E-state index is 0.148. The average Bonchev–Trinajstić information content (AvgIpc) is 3.15. The first-order valence-corrected chi connectivity index (χ1v) is 13.8. The summed E-state index contributed by atoms with van der Waals surface area (Å²) in [6, 6.07) is 12.7. The van der Waals surface area contributed by atoms with Gasteiger partial charge in [-0.2, -0.15) is 12.7 Å². The maximum Gasteiger partial charge on any atom is 0.285 e. The molecule has 3 aliphatic rings. The van der Waals surface area contributed by atoms with Crippen molar-refractivity contribution in [3.05, 3.63) is 59.7 Å². The molecule has 12 heteroatoms. The summed E-state index contributed by atoms with van der Waals surface area (Å²) in [5.74, 6) is 0.219. The molecule has 0 unspecified atom stereocenters. The van der Waals surface area contributed by atoms with Gasteiger partial charge >= 0.3 is 0 Å². The second-order valence-electron chi connectivity index (χ2n) is 8.21. The number of benzene rings is 2. The molecular formula is C22H24N4O6S2. The van der Waals surface area contributed by atoms with Crippen molar-refractivity contribution in [3.8, 4) is 0 Å². The molecule has 0 saturated carbocycles. The molecule has 2 aromatic rings. The number of sulfonamides is 2. The van der Waals surface area contributed by atoms with Crippen LogP contribution in [0.5, 0.6) is 0 Å². The molecule has 180 valence electrons. The SMILES string of the molecule is O=C(c1ccc(S(=O)(=O)N2CCOCC2)cc1)N1CCN(C2=NS(=O)(=O)c3ccccc32)CC1. The van der Waals surface area contributed by atoms with E-state index in [4.69, 9.17) is 4.74 Å². The van der Waals surface area contributed by atoms with Crippen LogP contribution in [-0.4, -0.2) is 95.2 Å². The quantitative estimate of drug-likeness (QED) is 0.601. The molecule has 3 heterocycles. The van der Waals surface area contributed by atoms with E-state index in [9.17, 15) is 21.6 Å². The highest BCUT2D eigenvalue weighted by Gasteiger charge is 2.34.